The minimum absolute atomic E-state index is 0.0329. The van der Waals surface area contributed by atoms with Crippen LogP contribution in [-0.2, 0) is 6.54 Å². The Morgan fingerprint density at radius 3 is 1.98 bits per heavy atom. The maximum absolute atomic E-state index is 7.07. The number of aromatic nitrogens is 2. The molecule has 0 unspecified atom stereocenters. The average molecular weight is 583 g/mol. The fraction of sp³-hybridized carbons (Fsp3) is 0.205. The van der Waals surface area contributed by atoms with Gasteiger partial charge in [-0.05, 0) is 47.1 Å². The number of hydrogen-bond acceptors (Lipinski definition) is 2. The number of imidazole rings is 1. The van der Waals surface area contributed by atoms with Crippen LogP contribution in [0.1, 0.15) is 33.3 Å². The van der Waals surface area contributed by atoms with E-state index >= 15 is 0 Å². The van der Waals surface area contributed by atoms with E-state index in [-0.39, 0.29) is 5.04 Å². The Hall–Kier alpha value is -4.41. The van der Waals surface area contributed by atoms with Gasteiger partial charge in [0, 0.05) is 17.7 Å². The monoisotopic (exact) mass is 582 g/mol. The Balaban J connectivity index is 1.90. The molecule has 3 nitrogen and oxygen atoms in total. The van der Waals surface area contributed by atoms with Gasteiger partial charge in [-0.15, -0.1) is 0 Å². The summed E-state index contributed by atoms with van der Waals surface area (Å²) in [4.78, 5) is 5.48. The lowest BCUT2D eigenvalue weighted by Crippen LogP contribution is -2.44. The van der Waals surface area contributed by atoms with Crippen molar-refractivity contribution in [1.29, 1.82) is 0 Å². The molecule has 0 bridgehead atoms. The predicted molar refractivity (Wildman–Crippen MR) is 186 cm³/mol. The van der Waals surface area contributed by atoms with E-state index in [2.05, 4.69) is 154 Å². The zero-order chi connectivity index (χ0) is 30.6. The summed E-state index contributed by atoms with van der Waals surface area (Å²) in [5.74, 6) is 1.70. The molecule has 43 heavy (non-hydrogen) atoms. The summed E-state index contributed by atoms with van der Waals surface area (Å²) >= 11 is 0. The van der Waals surface area contributed by atoms with E-state index in [1.165, 1.54) is 5.56 Å². The predicted octanol–water partition coefficient (Wildman–Crippen LogP) is 9.08. The highest BCUT2D eigenvalue weighted by Crippen LogP contribution is 2.41. The van der Waals surface area contributed by atoms with Gasteiger partial charge in [0.15, 0.2) is 0 Å². The van der Waals surface area contributed by atoms with Crippen LogP contribution >= 0.6 is 0 Å². The third-order valence-electron chi connectivity index (χ3n) is 8.42. The van der Waals surface area contributed by atoms with E-state index in [1.54, 1.807) is 0 Å². The van der Waals surface area contributed by atoms with Crippen molar-refractivity contribution >= 4 is 21.0 Å². The molecule has 4 aromatic carbocycles. The molecule has 0 N–H and O–H groups in total. The van der Waals surface area contributed by atoms with Crippen molar-refractivity contribution in [2.45, 2.75) is 52.4 Å². The first-order valence-electron chi connectivity index (χ1n) is 15.0. The number of hydrogen-bond donors (Lipinski definition) is 0. The van der Waals surface area contributed by atoms with Crippen molar-refractivity contribution in [3.63, 3.8) is 0 Å². The molecular weight excluding hydrogens is 541 g/mol. The molecule has 0 amide bonds. The van der Waals surface area contributed by atoms with Crippen LogP contribution in [0.2, 0.25) is 18.1 Å². The molecule has 0 saturated heterocycles. The van der Waals surface area contributed by atoms with E-state index in [0.29, 0.717) is 6.54 Å². The van der Waals surface area contributed by atoms with Gasteiger partial charge in [0.25, 0.3) is 8.32 Å². The van der Waals surface area contributed by atoms with Crippen molar-refractivity contribution in [2.75, 3.05) is 0 Å². The summed E-state index contributed by atoms with van der Waals surface area (Å²) in [6.07, 6.45) is 6.21. The number of allylic oxidation sites excluding steroid dienone is 2. The molecule has 5 aromatic rings. The summed E-state index contributed by atoms with van der Waals surface area (Å²) in [7, 11) is -2.19. The summed E-state index contributed by atoms with van der Waals surface area (Å²) in [5.41, 5.74) is 6.35. The highest BCUT2D eigenvalue weighted by atomic mass is 28.4. The van der Waals surface area contributed by atoms with Gasteiger partial charge >= 0.3 is 0 Å². The van der Waals surface area contributed by atoms with Crippen molar-refractivity contribution in [3.05, 3.63) is 131 Å². The Morgan fingerprint density at radius 1 is 0.814 bits per heavy atom. The minimum atomic E-state index is -2.19. The zero-order valence-corrected chi connectivity index (χ0v) is 27.3. The normalized spacial score (nSPS) is 12.7. The topological polar surface area (TPSA) is 27.1 Å². The van der Waals surface area contributed by atoms with Gasteiger partial charge in [-0.2, -0.15) is 0 Å². The molecule has 5 rings (SSSR count). The molecule has 4 heteroatoms. The van der Waals surface area contributed by atoms with Crippen molar-refractivity contribution in [1.82, 2.24) is 9.55 Å². The first kappa shape index (κ1) is 30.1. The highest BCUT2D eigenvalue weighted by Gasteiger charge is 2.40. The third-order valence-corrected chi connectivity index (χ3v) is 12.8. The smallest absolute Gasteiger partial charge is 0.250 e. The fourth-order valence-corrected chi connectivity index (χ4v) is 6.03. The molecule has 0 spiro atoms. The molecule has 0 atom stereocenters. The van der Waals surface area contributed by atoms with E-state index in [9.17, 15) is 0 Å². The van der Waals surface area contributed by atoms with Gasteiger partial charge in [-0.1, -0.05) is 143 Å². The maximum Gasteiger partial charge on any atom is 0.250 e. The molecule has 0 fully saturated rings. The van der Waals surface area contributed by atoms with Crippen molar-refractivity contribution < 1.29 is 4.43 Å². The van der Waals surface area contributed by atoms with Gasteiger partial charge in [-0.25, -0.2) is 4.98 Å². The Kier molecular flexibility index (Phi) is 8.70. The second-order valence-corrected chi connectivity index (χ2v) is 17.2. The van der Waals surface area contributed by atoms with Gasteiger partial charge in [0.05, 0.1) is 17.0 Å². The van der Waals surface area contributed by atoms with E-state index < -0.39 is 8.32 Å². The van der Waals surface area contributed by atoms with Crippen LogP contribution in [-0.4, -0.2) is 17.9 Å². The first-order valence-corrected chi connectivity index (χ1v) is 17.9. The molecule has 0 aliphatic heterocycles. The maximum atomic E-state index is 7.07. The highest BCUT2D eigenvalue weighted by molar-refractivity contribution is 6.74. The van der Waals surface area contributed by atoms with Crippen LogP contribution in [0.5, 0.6) is 5.75 Å². The summed E-state index contributed by atoms with van der Waals surface area (Å²) in [5, 5.41) is 1.99. The number of benzene rings is 4. The Labute approximate surface area is 257 Å². The summed E-state index contributed by atoms with van der Waals surface area (Å²) < 4.78 is 9.43. The Bertz CT molecular complexity index is 1830. The third kappa shape index (κ3) is 6.35. The SMILES string of the molecule is C=c1c(-c2nc(-c3ccccc3)c(-c3ccccc3)n2Cc2ccccc2)c(O[Si](C)(C)C(C)(C)C)cc/c1=C/C=C\C. The van der Waals surface area contributed by atoms with Gasteiger partial charge < -0.3 is 8.99 Å². The summed E-state index contributed by atoms with van der Waals surface area (Å²) in [6, 6.07) is 35.9. The van der Waals surface area contributed by atoms with Crippen molar-refractivity contribution in [2.24, 2.45) is 0 Å². The lowest BCUT2D eigenvalue weighted by atomic mass is 10.0. The Morgan fingerprint density at radius 2 is 1.40 bits per heavy atom. The average Bonchev–Trinajstić information content (AvgIpc) is 3.36. The van der Waals surface area contributed by atoms with Crippen LogP contribution < -0.4 is 14.9 Å². The van der Waals surface area contributed by atoms with Gasteiger partial charge in [0.1, 0.15) is 11.6 Å². The van der Waals surface area contributed by atoms with Crippen molar-refractivity contribution in [3.8, 4) is 39.7 Å². The molecule has 0 saturated carbocycles. The molecular formula is C39H42N2OSi. The van der Waals surface area contributed by atoms with Crippen LogP contribution in [0, 0.1) is 0 Å². The molecule has 0 aliphatic carbocycles. The summed E-state index contributed by atoms with van der Waals surface area (Å²) in [6.45, 7) is 18.7. The van der Waals surface area contributed by atoms with E-state index in [1.807, 2.05) is 19.1 Å². The molecule has 218 valence electrons. The minimum Gasteiger partial charge on any atom is -0.543 e. The molecule has 1 heterocycles. The lowest BCUT2D eigenvalue weighted by molar-refractivity contribution is 0.492. The molecule has 0 radical (unpaired) electrons. The first-order chi connectivity index (χ1) is 20.6. The van der Waals surface area contributed by atoms with E-state index in [4.69, 9.17) is 9.41 Å². The van der Waals surface area contributed by atoms with Crippen LogP contribution in [0.4, 0.5) is 0 Å². The fourth-order valence-electron chi connectivity index (χ4n) is 5.01. The van der Waals surface area contributed by atoms with Crippen LogP contribution in [0.25, 0.3) is 46.6 Å². The number of rotatable bonds is 8. The van der Waals surface area contributed by atoms with Crippen LogP contribution in [0.3, 0.4) is 0 Å². The lowest BCUT2D eigenvalue weighted by Gasteiger charge is -2.37. The largest absolute Gasteiger partial charge is 0.543 e. The molecule has 0 aliphatic rings. The van der Waals surface area contributed by atoms with E-state index in [0.717, 1.165) is 50.1 Å². The zero-order valence-electron chi connectivity index (χ0n) is 26.3. The quantitative estimate of drug-likeness (QED) is 0.171. The van der Waals surface area contributed by atoms with Gasteiger partial charge in [0.2, 0.25) is 0 Å². The standard InChI is InChI=1S/C39H42N2OSi/c1-8-9-21-31-26-27-34(42-43(6,7)39(3,4)5)35(29(31)2)38-40-36(32-22-15-11-16-23-32)37(33-24-17-12-18-25-33)41(38)28-30-19-13-10-14-20-30/h8-27H,2,28H2,1,3-7H3/b9-8-,31-21-. The van der Waals surface area contributed by atoms with Gasteiger partial charge in [-0.3, -0.25) is 0 Å². The van der Waals surface area contributed by atoms with Crippen LogP contribution in [0.15, 0.2) is 115 Å². The second kappa shape index (κ2) is 12.4. The second-order valence-electron chi connectivity index (χ2n) is 12.5. The molecule has 1 aromatic heterocycles. The number of nitrogens with zero attached hydrogens (tertiary/aromatic N) is 2.